The van der Waals surface area contributed by atoms with Gasteiger partial charge in [-0.2, -0.15) is 0 Å². The fourth-order valence-electron chi connectivity index (χ4n) is 11.4. The van der Waals surface area contributed by atoms with Gasteiger partial charge in [-0.3, -0.25) is 4.79 Å². The minimum atomic E-state index is -1.42. The normalized spacial score (nSPS) is 51.9. The SMILES string of the molecule is C=C(C)C1CCC2(C)C(CC(OC3OC(C)C(O)C(O)C3O)C3C(C4(C)CCC(C(C)(C)O)O4)CCC32C)C1(C)CCC(=O)O. The van der Waals surface area contributed by atoms with Crippen LogP contribution >= 0.6 is 0 Å². The molecule has 45 heavy (non-hydrogen) atoms. The smallest absolute Gasteiger partial charge is 0.303 e. The van der Waals surface area contributed by atoms with Gasteiger partial charge in [0.25, 0.3) is 0 Å². The molecule has 3 aliphatic carbocycles. The first-order valence-electron chi connectivity index (χ1n) is 17.3. The lowest BCUT2D eigenvalue weighted by molar-refractivity contribution is -0.328. The summed E-state index contributed by atoms with van der Waals surface area (Å²) in [7, 11) is 0. The van der Waals surface area contributed by atoms with Crippen LogP contribution in [0, 0.1) is 39.9 Å². The number of carboxylic acids is 1. The highest BCUT2D eigenvalue weighted by molar-refractivity contribution is 5.66. The maximum absolute atomic E-state index is 12.0. The number of aliphatic hydroxyl groups excluding tert-OH is 3. The van der Waals surface area contributed by atoms with Crippen LogP contribution in [0.4, 0.5) is 0 Å². The van der Waals surface area contributed by atoms with E-state index in [9.17, 15) is 30.3 Å². The Kier molecular flexibility index (Phi) is 9.25. The summed E-state index contributed by atoms with van der Waals surface area (Å²) in [4.78, 5) is 12.0. The molecule has 258 valence electrons. The van der Waals surface area contributed by atoms with Gasteiger partial charge < -0.3 is 39.7 Å². The Morgan fingerprint density at radius 3 is 2.20 bits per heavy atom. The Hall–Kier alpha value is -1.07. The van der Waals surface area contributed by atoms with Crippen molar-refractivity contribution in [3.05, 3.63) is 12.2 Å². The highest BCUT2D eigenvalue weighted by Crippen LogP contribution is 2.75. The Balaban J connectivity index is 1.58. The Labute approximate surface area is 269 Å². The van der Waals surface area contributed by atoms with Gasteiger partial charge in [0, 0.05) is 6.42 Å². The topological polar surface area (TPSA) is 146 Å². The van der Waals surface area contributed by atoms with E-state index in [1.165, 1.54) is 0 Å². The van der Waals surface area contributed by atoms with Gasteiger partial charge in [0.1, 0.15) is 18.3 Å². The highest BCUT2D eigenvalue weighted by atomic mass is 16.7. The molecule has 9 nitrogen and oxygen atoms in total. The molecule has 2 saturated heterocycles. The molecule has 5 aliphatic rings. The molecule has 15 atom stereocenters. The Morgan fingerprint density at radius 1 is 0.978 bits per heavy atom. The Bertz CT molecular complexity index is 1140. The van der Waals surface area contributed by atoms with Gasteiger partial charge in [0.05, 0.1) is 29.5 Å². The van der Waals surface area contributed by atoms with Crippen molar-refractivity contribution in [1.29, 1.82) is 0 Å². The van der Waals surface area contributed by atoms with Crippen molar-refractivity contribution in [3.63, 3.8) is 0 Å². The van der Waals surface area contributed by atoms with Crippen molar-refractivity contribution in [2.75, 3.05) is 0 Å². The van der Waals surface area contributed by atoms with Gasteiger partial charge in [-0.1, -0.05) is 32.9 Å². The first-order valence-corrected chi connectivity index (χ1v) is 17.3. The van der Waals surface area contributed by atoms with E-state index in [1.54, 1.807) is 20.8 Å². The molecule has 15 unspecified atom stereocenters. The lowest BCUT2D eigenvalue weighted by Crippen LogP contribution is -2.65. The minimum absolute atomic E-state index is 0.0319. The van der Waals surface area contributed by atoms with E-state index in [-0.39, 0.29) is 58.5 Å². The van der Waals surface area contributed by atoms with Crippen molar-refractivity contribution < 1.29 is 44.5 Å². The van der Waals surface area contributed by atoms with Gasteiger partial charge in [-0.05, 0) is 126 Å². The molecule has 0 amide bonds. The number of aliphatic carboxylic acids is 1. The van der Waals surface area contributed by atoms with E-state index in [0.29, 0.717) is 12.8 Å². The second-order valence-electron chi connectivity index (χ2n) is 17.1. The second kappa shape index (κ2) is 11.8. The van der Waals surface area contributed by atoms with Crippen molar-refractivity contribution in [2.24, 2.45) is 39.9 Å². The largest absolute Gasteiger partial charge is 0.481 e. The molecule has 3 saturated carbocycles. The third-order valence-corrected chi connectivity index (χ3v) is 14.1. The summed E-state index contributed by atoms with van der Waals surface area (Å²) < 4.78 is 19.7. The molecule has 0 aromatic rings. The third kappa shape index (κ3) is 5.64. The average molecular weight is 637 g/mol. The first kappa shape index (κ1) is 35.2. The van der Waals surface area contributed by atoms with Crippen molar-refractivity contribution in [3.8, 4) is 0 Å². The van der Waals surface area contributed by atoms with Gasteiger partial charge in [-0.15, -0.1) is 0 Å². The average Bonchev–Trinajstić information content (AvgIpc) is 3.53. The van der Waals surface area contributed by atoms with Crippen molar-refractivity contribution in [2.45, 2.75) is 167 Å². The maximum atomic E-state index is 12.0. The van der Waals surface area contributed by atoms with Crippen LogP contribution in [0.15, 0.2) is 12.2 Å². The van der Waals surface area contributed by atoms with E-state index >= 15 is 0 Å². The van der Waals surface area contributed by atoms with Gasteiger partial charge >= 0.3 is 5.97 Å². The fraction of sp³-hybridized carbons (Fsp3) is 0.917. The molecule has 5 N–H and O–H groups in total. The summed E-state index contributed by atoms with van der Waals surface area (Å²) in [5, 5.41) is 52.8. The standard InChI is InChI=1S/C36H60O9/c1-19(2)21-10-15-34(7)24(33(21,6)14-13-26(37)38)18-23(44-31-30(41)29(40)28(39)20(3)43-31)27-22(11-16-35(27,34)8)36(9)17-12-25(45-36)32(4,5)42/h20-25,27-31,39-42H,1,10-18H2,2-9H3,(H,37,38). The third-order valence-electron chi connectivity index (χ3n) is 14.1. The maximum Gasteiger partial charge on any atom is 0.303 e. The van der Waals surface area contributed by atoms with Crippen LogP contribution in [-0.4, -0.2) is 85.6 Å². The zero-order chi connectivity index (χ0) is 33.5. The molecule has 0 radical (unpaired) electrons. The van der Waals surface area contributed by atoms with E-state index in [0.717, 1.165) is 44.1 Å². The quantitative estimate of drug-likeness (QED) is 0.187. The van der Waals surface area contributed by atoms with E-state index in [4.69, 9.17) is 14.2 Å². The summed E-state index contributed by atoms with van der Waals surface area (Å²) in [6, 6.07) is 0. The monoisotopic (exact) mass is 636 g/mol. The number of hydrogen-bond donors (Lipinski definition) is 5. The van der Waals surface area contributed by atoms with E-state index in [1.807, 2.05) is 0 Å². The number of fused-ring (bicyclic) bond motifs is 3. The van der Waals surface area contributed by atoms with E-state index in [2.05, 4.69) is 41.2 Å². The van der Waals surface area contributed by atoms with Crippen LogP contribution in [0.2, 0.25) is 0 Å². The molecule has 0 bridgehead atoms. The van der Waals surface area contributed by atoms with Crippen molar-refractivity contribution >= 4 is 5.97 Å². The number of aliphatic hydroxyl groups is 4. The minimum Gasteiger partial charge on any atom is -0.481 e. The summed E-state index contributed by atoms with van der Waals surface area (Å²) in [6.45, 7) is 21.0. The molecule has 2 heterocycles. The zero-order valence-corrected chi connectivity index (χ0v) is 28.8. The number of hydrogen-bond acceptors (Lipinski definition) is 8. The number of carboxylic acid groups (broad SMARTS) is 1. The molecule has 5 rings (SSSR count). The lowest BCUT2D eigenvalue weighted by atomic mass is 9.37. The number of rotatable bonds is 8. The molecular formula is C36H60O9. The summed E-state index contributed by atoms with van der Waals surface area (Å²) in [5.41, 5.74) is -1.00. The summed E-state index contributed by atoms with van der Waals surface area (Å²) >= 11 is 0. The fourth-order valence-corrected chi connectivity index (χ4v) is 11.4. The second-order valence-corrected chi connectivity index (χ2v) is 17.1. The van der Waals surface area contributed by atoms with Crippen LogP contribution in [0.25, 0.3) is 0 Å². The van der Waals surface area contributed by atoms with Crippen LogP contribution in [0.1, 0.15) is 113 Å². The molecule has 0 spiro atoms. The number of ether oxygens (including phenoxy) is 3. The molecule has 2 aliphatic heterocycles. The number of carbonyl (C=O) groups is 1. The van der Waals surface area contributed by atoms with Crippen LogP contribution in [-0.2, 0) is 19.0 Å². The van der Waals surface area contributed by atoms with E-state index < -0.39 is 47.9 Å². The van der Waals surface area contributed by atoms with Crippen LogP contribution in [0.5, 0.6) is 0 Å². The van der Waals surface area contributed by atoms with Crippen LogP contribution < -0.4 is 0 Å². The lowest BCUT2D eigenvalue weighted by Gasteiger charge is -2.68. The highest BCUT2D eigenvalue weighted by Gasteiger charge is 2.71. The van der Waals surface area contributed by atoms with Gasteiger partial charge in [0.15, 0.2) is 6.29 Å². The first-order chi connectivity index (χ1) is 20.7. The Morgan fingerprint density at radius 2 is 1.62 bits per heavy atom. The zero-order valence-electron chi connectivity index (χ0n) is 28.8. The number of allylic oxidation sites excluding steroid dienone is 1. The summed E-state index contributed by atoms with van der Waals surface area (Å²) in [6.07, 6.45) is 0.182. The summed E-state index contributed by atoms with van der Waals surface area (Å²) in [5.74, 6) is -0.366. The van der Waals surface area contributed by atoms with Crippen molar-refractivity contribution in [1.82, 2.24) is 0 Å². The molecule has 9 heteroatoms. The van der Waals surface area contributed by atoms with Crippen LogP contribution in [0.3, 0.4) is 0 Å². The molecular weight excluding hydrogens is 576 g/mol. The van der Waals surface area contributed by atoms with Gasteiger partial charge in [0.2, 0.25) is 0 Å². The molecule has 0 aromatic carbocycles. The predicted molar refractivity (Wildman–Crippen MR) is 169 cm³/mol. The predicted octanol–water partition coefficient (Wildman–Crippen LogP) is 4.82. The van der Waals surface area contributed by atoms with Gasteiger partial charge in [-0.25, -0.2) is 0 Å². The molecule has 0 aromatic heterocycles. The molecule has 5 fully saturated rings.